The number of halogens is 2. The Morgan fingerprint density at radius 3 is 2.76 bits per heavy atom. The van der Waals surface area contributed by atoms with Gasteiger partial charge in [-0.1, -0.05) is 30.1 Å². The monoisotopic (exact) mass is 327 g/mol. The van der Waals surface area contributed by atoms with Gasteiger partial charge >= 0.3 is 5.97 Å². The number of rotatable bonds is 3. The van der Waals surface area contributed by atoms with Crippen LogP contribution in [0, 0.1) is 5.92 Å². The van der Waals surface area contributed by atoms with Crippen LogP contribution in [0.2, 0.25) is 10.0 Å². The van der Waals surface area contributed by atoms with Gasteiger partial charge in [0.15, 0.2) is 0 Å². The third kappa shape index (κ3) is 3.57. The van der Waals surface area contributed by atoms with Crippen molar-refractivity contribution in [3.63, 3.8) is 0 Å². The number of carbonyl (C=O) groups is 2. The van der Waals surface area contributed by atoms with Crippen LogP contribution in [-0.2, 0) is 9.59 Å². The van der Waals surface area contributed by atoms with Gasteiger partial charge in [0, 0.05) is 22.7 Å². The normalized spacial score (nSPS) is 22.0. The summed E-state index contributed by atoms with van der Waals surface area (Å²) in [5, 5.41) is 10.2. The predicted molar refractivity (Wildman–Crippen MR) is 82.4 cm³/mol. The Balaban J connectivity index is 2.16. The highest BCUT2D eigenvalue weighted by Gasteiger charge is 2.38. The van der Waals surface area contributed by atoms with E-state index in [1.807, 2.05) is 6.92 Å². The van der Waals surface area contributed by atoms with E-state index in [0.29, 0.717) is 28.6 Å². The van der Waals surface area contributed by atoms with Crippen LogP contribution in [0.1, 0.15) is 18.9 Å². The summed E-state index contributed by atoms with van der Waals surface area (Å²) < 4.78 is 0. The van der Waals surface area contributed by atoms with Crippen LogP contribution in [0.15, 0.2) is 24.3 Å². The Kier molecular flexibility index (Phi) is 4.91. The van der Waals surface area contributed by atoms with Gasteiger partial charge in [0.05, 0.1) is 0 Å². The molecule has 0 spiro atoms. The van der Waals surface area contributed by atoms with Gasteiger partial charge in [0.1, 0.15) is 6.04 Å². The maximum atomic E-state index is 12.2. The molecule has 1 fully saturated rings. The van der Waals surface area contributed by atoms with E-state index in [4.69, 9.17) is 23.2 Å². The average Bonchev–Trinajstić information content (AvgIpc) is 2.81. The van der Waals surface area contributed by atoms with Crippen LogP contribution in [0.3, 0.4) is 0 Å². The van der Waals surface area contributed by atoms with Gasteiger partial charge in [-0.25, -0.2) is 4.79 Å². The highest BCUT2D eigenvalue weighted by Crippen LogP contribution is 2.25. The predicted octanol–water partition coefficient (Wildman–Crippen LogP) is 3.33. The van der Waals surface area contributed by atoms with Gasteiger partial charge in [-0.2, -0.15) is 0 Å². The Morgan fingerprint density at radius 2 is 2.10 bits per heavy atom. The number of nitrogens with zero attached hydrogens (tertiary/aromatic N) is 1. The second-order valence-electron chi connectivity index (χ2n) is 5.08. The molecule has 1 N–H and O–H groups in total. The number of carbonyl (C=O) groups excluding carboxylic acids is 1. The number of hydrogen-bond acceptors (Lipinski definition) is 2. The van der Waals surface area contributed by atoms with Gasteiger partial charge in [-0.05, 0) is 42.2 Å². The lowest BCUT2D eigenvalue weighted by atomic mass is 10.0. The maximum absolute atomic E-state index is 12.2. The second kappa shape index (κ2) is 6.50. The fourth-order valence-electron chi connectivity index (χ4n) is 2.47. The van der Waals surface area contributed by atoms with Crippen molar-refractivity contribution in [3.8, 4) is 0 Å². The van der Waals surface area contributed by atoms with Crippen molar-refractivity contribution in [2.75, 3.05) is 6.54 Å². The van der Waals surface area contributed by atoms with Crippen molar-refractivity contribution in [3.05, 3.63) is 39.9 Å². The van der Waals surface area contributed by atoms with Crippen LogP contribution in [0.25, 0.3) is 6.08 Å². The lowest BCUT2D eigenvalue weighted by Gasteiger charge is -2.21. The number of benzene rings is 1. The molecule has 0 radical (unpaired) electrons. The van der Waals surface area contributed by atoms with E-state index in [2.05, 4.69) is 0 Å². The second-order valence-corrected chi connectivity index (χ2v) is 5.92. The molecule has 1 amide bonds. The van der Waals surface area contributed by atoms with Crippen molar-refractivity contribution in [2.45, 2.75) is 19.4 Å². The molecule has 2 atom stereocenters. The fourth-order valence-corrected chi connectivity index (χ4v) is 2.83. The lowest BCUT2D eigenvalue weighted by molar-refractivity contribution is -0.147. The number of amides is 1. The van der Waals surface area contributed by atoms with Gasteiger partial charge < -0.3 is 10.0 Å². The molecule has 1 heterocycles. The summed E-state index contributed by atoms with van der Waals surface area (Å²) in [6.07, 6.45) is 3.58. The van der Waals surface area contributed by atoms with Crippen molar-refractivity contribution in [2.24, 2.45) is 5.92 Å². The lowest BCUT2D eigenvalue weighted by Crippen LogP contribution is -2.42. The molecule has 2 unspecified atom stereocenters. The number of carboxylic acid groups (broad SMARTS) is 1. The number of hydrogen-bond donors (Lipinski definition) is 1. The summed E-state index contributed by atoms with van der Waals surface area (Å²) in [6, 6.07) is 4.18. The molecule has 0 bridgehead atoms. The van der Waals surface area contributed by atoms with E-state index in [0.717, 1.165) is 0 Å². The zero-order chi connectivity index (χ0) is 15.6. The molecule has 6 heteroatoms. The minimum Gasteiger partial charge on any atom is -0.480 e. The molecule has 0 aliphatic carbocycles. The third-order valence-electron chi connectivity index (χ3n) is 3.60. The average molecular weight is 328 g/mol. The number of likely N-dealkylation sites (tertiary alicyclic amines) is 1. The summed E-state index contributed by atoms with van der Waals surface area (Å²) in [6.45, 7) is 2.29. The third-order valence-corrected chi connectivity index (χ3v) is 4.18. The van der Waals surface area contributed by atoms with Crippen LogP contribution in [0.5, 0.6) is 0 Å². The Bertz CT molecular complexity index is 601. The Hall–Kier alpha value is -1.52. The fraction of sp³-hybridized carbons (Fsp3) is 0.333. The smallest absolute Gasteiger partial charge is 0.326 e. The van der Waals surface area contributed by atoms with Gasteiger partial charge in [-0.15, -0.1) is 0 Å². The Morgan fingerprint density at radius 1 is 1.38 bits per heavy atom. The standard InChI is InChI=1S/C15H15Cl2NO3/c1-9-6-7-18(14(9)15(20)21)13(19)5-2-10-8-11(16)3-4-12(10)17/h2-5,8-9,14H,6-7H2,1H3,(H,20,21)/b5-2+. The number of carboxylic acids is 1. The van der Waals surface area contributed by atoms with Crippen molar-refractivity contribution < 1.29 is 14.7 Å². The quantitative estimate of drug-likeness (QED) is 0.866. The topological polar surface area (TPSA) is 57.6 Å². The molecular formula is C15H15Cl2NO3. The first kappa shape index (κ1) is 15.9. The van der Waals surface area contributed by atoms with Crippen molar-refractivity contribution in [1.29, 1.82) is 0 Å². The zero-order valence-corrected chi connectivity index (χ0v) is 12.9. The van der Waals surface area contributed by atoms with E-state index in [1.54, 1.807) is 24.3 Å². The molecule has 4 nitrogen and oxygen atoms in total. The van der Waals surface area contributed by atoms with Crippen LogP contribution < -0.4 is 0 Å². The van der Waals surface area contributed by atoms with Crippen LogP contribution >= 0.6 is 23.2 Å². The van der Waals surface area contributed by atoms with Gasteiger partial charge in [0.2, 0.25) is 5.91 Å². The van der Waals surface area contributed by atoms with Crippen molar-refractivity contribution >= 4 is 41.2 Å². The first-order valence-corrected chi connectivity index (χ1v) is 7.32. The van der Waals surface area contributed by atoms with E-state index >= 15 is 0 Å². The molecule has 2 rings (SSSR count). The molecule has 112 valence electrons. The SMILES string of the molecule is CC1CCN(C(=O)/C=C/c2cc(Cl)ccc2Cl)C1C(=O)O. The molecule has 1 aliphatic heterocycles. The van der Waals surface area contributed by atoms with E-state index in [-0.39, 0.29) is 11.8 Å². The highest BCUT2D eigenvalue weighted by molar-refractivity contribution is 6.34. The van der Waals surface area contributed by atoms with Gasteiger partial charge in [0.25, 0.3) is 0 Å². The first-order chi connectivity index (χ1) is 9.90. The molecular weight excluding hydrogens is 313 g/mol. The van der Waals surface area contributed by atoms with Crippen LogP contribution in [-0.4, -0.2) is 34.5 Å². The summed E-state index contributed by atoms with van der Waals surface area (Å²) in [5.41, 5.74) is 0.622. The molecule has 1 aliphatic rings. The van der Waals surface area contributed by atoms with Gasteiger partial charge in [-0.3, -0.25) is 4.79 Å². The largest absolute Gasteiger partial charge is 0.480 e. The highest BCUT2D eigenvalue weighted by atomic mass is 35.5. The molecule has 1 aromatic rings. The first-order valence-electron chi connectivity index (χ1n) is 6.56. The van der Waals surface area contributed by atoms with Crippen molar-refractivity contribution in [1.82, 2.24) is 4.90 Å². The molecule has 1 saturated heterocycles. The van der Waals surface area contributed by atoms with E-state index in [9.17, 15) is 14.7 Å². The Labute approximate surface area is 133 Å². The summed E-state index contributed by atoms with van der Waals surface area (Å²) in [5.74, 6) is -1.35. The zero-order valence-electron chi connectivity index (χ0n) is 11.4. The summed E-state index contributed by atoms with van der Waals surface area (Å²) in [4.78, 5) is 24.8. The molecule has 21 heavy (non-hydrogen) atoms. The van der Waals surface area contributed by atoms with Crippen LogP contribution in [0.4, 0.5) is 0 Å². The van der Waals surface area contributed by atoms with E-state index < -0.39 is 12.0 Å². The summed E-state index contributed by atoms with van der Waals surface area (Å²) in [7, 11) is 0. The summed E-state index contributed by atoms with van der Waals surface area (Å²) >= 11 is 11.9. The molecule has 0 saturated carbocycles. The maximum Gasteiger partial charge on any atom is 0.326 e. The number of aliphatic carboxylic acids is 1. The van der Waals surface area contributed by atoms with E-state index in [1.165, 1.54) is 11.0 Å². The molecule has 0 aromatic heterocycles. The minimum atomic E-state index is -0.970. The minimum absolute atomic E-state index is 0.0467. The molecule has 1 aromatic carbocycles.